The van der Waals surface area contributed by atoms with E-state index in [1.165, 1.54) is 32.1 Å². The Hall–Kier alpha value is -1.62. The van der Waals surface area contributed by atoms with Crippen molar-refractivity contribution in [2.24, 2.45) is 5.92 Å². The highest BCUT2D eigenvalue weighted by Gasteiger charge is 2.35. The van der Waals surface area contributed by atoms with E-state index in [1.54, 1.807) is 11.3 Å². The van der Waals surface area contributed by atoms with Gasteiger partial charge in [0.25, 0.3) is 0 Å². The van der Waals surface area contributed by atoms with E-state index >= 15 is 0 Å². The van der Waals surface area contributed by atoms with E-state index in [9.17, 15) is 4.79 Å². The molecule has 4 rings (SSSR count). The molecule has 23 heavy (non-hydrogen) atoms. The maximum absolute atomic E-state index is 12.7. The monoisotopic (exact) mass is 329 g/mol. The van der Waals surface area contributed by atoms with Gasteiger partial charge in [0.05, 0.1) is 10.2 Å². The molecular formula is C18H23N3OS. The highest BCUT2D eigenvalue weighted by molar-refractivity contribution is 7.22. The van der Waals surface area contributed by atoms with Crippen molar-refractivity contribution in [2.45, 2.75) is 51.0 Å². The van der Waals surface area contributed by atoms with Crippen molar-refractivity contribution < 1.29 is 4.79 Å². The van der Waals surface area contributed by atoms with Crippen molar-refractivity contribution in [3.05, 3.63) is 24.3 Å². The van der Waals surface area contributed by atoms with E-state index in [-0.39, 0.29) is 6.03 Å². The van der Waals surface area contributed by atoms with Gasteiger partial charge in [-0.05, 0) is 43.7 Å². The molecule has 2 amide bonds. The first-order chi connectivity index (χ1) is 11.3. The lowest BCUT2D eigenvalue weighted by molar-refractivity contribution is 0.166. The number of anilines is 1. The van der Waals surface area contributed by atoms with Crippen LogP contribution in [-0.2, 0) is 0 Å². The van der Waals surface area contributed by atoms with Crippen molar-refractivity contribution in [1.82, 2.24) is 9.88 Å². The third-order valence-corrected chi connectivity index (χ3v) is 6.21. The summed E-state index contributed by atoms with van der Waals surface area (Å²) in [6.07, 6.45) is 8.89. The Bertz CT molecular complexity index is 659. The van der Waals surface area contributed by atoms with E-state index in [0.29, 0.717) is 17.1 Å². The molecule has 1 saturated carbocycles. The highest BCUT2D eigenvalue weighted by atomic mass is 32.1. The van der Waals surface area contributed by atoms with E-state index in [0.717, 1.165) is 29.6 Å². The maximum Gasteiger partial charge on any atom is 0.323 e. The van der Waals surface area contributed by atoms with Gasteiger partial charge in [-0.2, -0.15) is 0 Å². The van der Waals surface area contributed by atoms with Crippen molar-refractivity contribution >= 4 is 32.7 Å². The first-order valence-corrected chi connectivity index (χ1v) is 9.56. The van der Waals surface area contributed by atoms with Crippen molar-refractivity contribution in [3.8, 4) is 0 Å². The smallest absolute Gasteiger partial charge is 0.321 e. The Balaban J connectivity index is 1.46. The summed E-state index contributed by atoms with van der Waals surface area (Å²) in [5.74, 6) is 0.701. The fourth-order valence-corrected chi connectivity index (χ4v) is 5.00. The normalized spacial score (nSPS) is 22.6. The van der Waals surface area contributed by atoms with Crippen LogP contribution < -0.4 is 5.32 Å². The second-order valence-electron chi connectivity index (χ2n) is 6.72. The van der Waals surface area contributed by atoms with Crippen LogP contribution in [0.15, 0.2) is 24.3 Å². The number of fused-ring (bicyclic) bond motifs is 1. The van der Waals surface area contributed by atoms with E-state index < -0.39 is 0 Å². The number of para-hydroxylation sites is 1. The van der Waals surface area contributed by atoms with Crippen LogP contribution in [0.25, 0.3) is 10.2 Å². The molecule has 1 atom stereocenters. The summed E-state index contributed by atoms with van der Waals surface area (Å²) in [5.41, 5.74) is 0.957. The van der Waals surface area contributed by atoms with Crippen LogP contribution in [0, 0.1) is 5.92 Å². The summed E-state index contributed by atoms with van der Waals surface area (Å²) < 4.78 is 1.12. The number of likely N-dealkylation sites (tertiary alicyclic amines) is 1. The zero-order valence-electron chi connectivity index (χ0n) is 13.3. The first kappa shape index (κ1) is 14.9. The van der Waals surface area contributed by atoms with Gasteiger partial charge in [-0.3, -0.25) is 5.32 Å². The van der Waals surface area contributed by atoms with Gasteiger partial charge in [0.15, 0.2) is 5.13 Å². The van der Waals surface area contributed by atoms with Crippen molar-refractivity contribution in [3.63, 3.8) is 0 Å². The molecule has 1 aliphatic heterocycles. The third kappa shape index (κ3) is 3.07. The average molecular weight is 329 g/mol. The maximum atomic E-state index is 12.7. The predicted octanol–water partition coefficient (Wildman–Crippen LogP) is 4.87. The van der Waals surface area contributed by atoms with Crippen LogP contribution in [0.2, 0.25) is 0 Å². The fourth-order valence-electron chi connectivity index (χ4n) is 4.14. The number of nitrogens with zero attached hydrogens (tertiary/aromatic N) is 2. The second kappa shape index (κ2) is 6.48. The number of carbonyl (C=O) groups is 1. The van der Waals surface area contributed by atoms with Gasteiger partial charge < -0.3 is 4.90 Å². The topological polar surface area (TPSA) is 45.2 Å². The van der Waals surface area contributed by atoms with Gasteiger partial charge in [-0.25, -0.2) is 9.78 Å². The molecule has 0 spiro atoms. The SMILES string of the molecule is O=C(Nc1nc2ccccc2s1)N1CCC[C@@H]1C1CCCCC1. The number of amides is 2. The van der Waals surface area contributed by atoms with Crippen LogP contribution in [0.4, 0.5) is 9.93 Å². The number of thiazole rings is 1. The fraction of sp³-hybridized carbons (Fsp3) is 0.556. The molecule has 1 saturated heterocycles. The average Bonchev–Trinajstić information content (AvgIpc) is 3.22. The van der Waals surface area contributed by atoms with Gasteiger partial charge in [0.1, 0.15) is 0 Å². The van der Waals surface area contributed by atoms with Gasteiger partial charge in [0, 0.05) is 12.6 Å². The molecule has 1 aromatic heterocycles. The Morgan fingerprint density at radius 3 is 2.78 bits per heavy atom. The summed E-state index contributed by atoms with van der Waals surface area (Å²) in [6.45, 7) is 0.887. The first-order valence-electron chi connectivity index (χ1n) is 8.74. The third-order valence-electron chi connectivity index (χ3n) is 5.26. The molecule has 1 N–H and O–H groups in total. The van der Waals surface area contributed by atoms with E-state index in [4.69, 9.17) is 0 Å². The molecule has 0 radical (unpaired) electrons. The summed E-state index contributed by atoms with van der Waals surface area (Å²) >= 11 is 1.55. The van der Waals surface area contributed by atoms with Gasteiger partial charge in [-0.1, -0.05) is 42.7 Å². The number of benzene rings is 1. The number of hydrogen-bond acceptors (Lipinski definition) is 3. The standard InChI is InChI=1S/C18H23N3OS/c22-18(20-17-19-14-9-4-5-11-16(14)23-17)21-12-6-10-15(21)13-7-2-1-3-8-13/h4-5,9,11,13,15H,1-3,6-8,10,12H2,(H,19,20,22)/t15-/m1/s1. The molecule has 1 aliphatic carbocycles. The zero-order chi connectivity index (χ0) is 15.6. The van der Waals surface area contributed by atoms with E-state index in [1.807, 2.05) is 24.3 Å². The molecule has 4 nitrogen and oxygen atoms in total. The summed E-state index contributed by atoms with van der Waals surface area (Å²) in [7, 11) is 0. The molecule has 1 aromatic carbocycles. The van der Waals surface area contributed by atoms with Crippen molar-refractivity contribution in [1.29, 1.82) is 0 Å². The zero-order valence-corrected chi connectivity index (χ0v) is 14.1. The lowest BCUT2D eigenvalue weighted by Gasteiger charge is -2.33. The number of nitrogens with one attached hydrogen (secondary N) is 1. The Kier molecular flexibility index (Phi) is 4.21. The molecular weight excluding hydrogens is 306 g/mol. The second-order valence-corrected chi connectivity index (χ2v) is 7.75. The van der Waals surface area contributed by atoms with Gasteiger partial charge >= 0.3 is 6.03 Å². The summed E-state index contributed by atoms with van der Waals surface area (Å²) in [4.78, 5) is 19.3. The summed E-state index contributed by atoms with van der Waals surface area (Å²) in [5, 5.41) is 3.75. The molecule has 122 valence electrons. The van der Waals surface area contributed by atoms with Crippen LogP contribution in [0.5, 0.6) is 0 Å². The molecule has 2 aromatic rings. The quantitative estimate of drug-likeness (QED) is 0.854. The Morgan fingerprint density at radius 2 is 1.96 bits per heavy atom. The minimum absolute atomic E-state index is 0.0390. The lowest BCUT2D eigenvalue weighted by Crippen LogP contribution is -2.43. The number of hydrogen-bond donors (Lipinski definition) is 1. The van der Waals surface area contributed by atoms with Crippen LogP contribution in [0.1, 0.15) is 44.9 Å². The van der Waals surface area contributed by atoms with Gasteiger partial charge in [0.2, 0.25) is 0 Å². The summed E-state index contributed by atoms with van der Waals surface area (Å²) in [6, 6.07) is 8.49. The van der Waals surface area contributed by atoms with Crippen LogP contribution in [-0.4, -0.2) is 28.5 Å². The minimum atomic E-state index is 0.0390. The van der Waals surface area contributed by atoms with Gasteiger partial charge in [-0.15, -0.1) is 0 Å². The lowest BCUT2D eigenvalue weighted by atomic mass is 9.83. The molecule has 0 unspecified atom stereocenters. The number of aromatic nitrogens is 1. The molecule has 5 heteroatoms. The molecule has 2 heterocycles. The number of carbonyl (C=O) groups excluding carboxylic acids is 1. The number of rotatable bonds is 2. The minimum Gasteiger partial charge on any atom is -0.321 e. The Morgan fingerprint density at radius 1 is 1.13 bits per heavy atom. The largest absolute Gasteiger partial charge is 0.323 e. The van der Waals surface area contributed by atoms with Crippen LogP contribution >= 0.6 is 11.3 Å². The van der Waals surface area contributed by atoms with Crippen molar-refractivity contribution in [2.75, 3.05) is 11.9 Å². The molecule has 2 fully saturated rings. The number of urea groups is 1. The van der Waals surface area contributed by atoms with Crippen LogP contribution in [0.3, 0.4) is 0 Å². The highest BCUT2D eigenvalue weighted by Crippen LogP contribution is 2.35. The Labute approximate surface area is 140 Å². The predicted molar refractivity (Wildman–Crippen MR) is 94.9 cm³/mol. The van der Waals surface area contributed by atoms with E-state index in [2.05, 4.69) is 15.2 Å². The molecule has 2 aliphatic rings. The molecule has 0 bridgehead atoms.